The number of hydrogen-bond acceptors (Lipinski definition) is 6. The Hall–Kier alpha value is -1.60. The minimum atomic E-state index is -1.42. The number of aliphatic hydroxyl groups is 3. The second-order valence-corrected chi connectivity index (χ2v) is 10.5. The Bertz CT molecular complexity index is 904. The Kier molecular flexibility index (Phi) is 6.36. The molecule has 4 rings (SSSR count). The second-order valence-electron chi connectivity index (χ2n) is 10.5. The highest BCUT2D eigenvalue weighted by Gasteiger charge is 2.46. The van der Waals surface area contributed by atoms with Gasteiger partial charge in [-0.1, -0.05) is 25.5 Å². The van der Waals surface area contributed by atoms with E-state index in [0.717, 1.165) is 30.4 Å². The SMILES string of the molecule is CC(C)=C[C@H]1C[C@H](C)[C@H]2CC[C@H](C)c3c(O[C@@H]4O[C@@H](C)[C@@H](O)[C@@H](O)[C@@H]4O)c(O)c(C)c1c32. The Labute approximate surface area is 190 Å². The molecule has 0 bridgehead atoms. The zero-order chi connectivity index (χ0) is 23.5. The van der Waals surface area contributed by atoms with Gasteiger partial charge in [-0.05, 0) is 81.4 Å². The molecule has 6 nitrogen and oxygen atoms in total. The van der Waals surface area contributed by atoms with Gasteiger partial charge < -0.3 is 29.9 Å². The maximum absolute atomic E-state index is 11.3. The summed E-state index contributed by atoms with van der Waals surface area (Å²) in [7, 11) is 0. The smallest absolute Gasteiger partial charge is 0.229 e. The summed E-state index contributed by atoms with van der Waals surface area (Å²) in [6.07, 6.45) is -0.406. The van der Waals surface area contributed by atoms with Gasteiger partial charge in [-0.15, -0.1) is 0 Å². The van der Waals surface area contributed by atoms with E-state index in [4.69, 9.17) is 9.47 Å². The van der Waals surface area contributed by atoms with Crippen LogP contribution in [0.25, 0.3) is 0 Å². The number of benzene rings is 1. The molecule has 9 atom stereocenters. The van der Waals surface area contributed by atoms with E-state index in [1.54, 1.807) is 6.92 Å². The van der Waals surface area contributed by atoms with Crippen molar-refractivity contribution in [2.45, 2.75) is 109 Å². The lowest BCUT2D eigenvalue weighted by Gasteiger charge is -2.44. The summed E-state index contributed by atoms with van der Waals surface area (Å²) < 4.78 is 11.8. The van der Waals surface area contributed by atoms with Crippen LogP contribution < -0.4 is 4.74 Å². The third-order valence-electron chi connectivity index (χ3n) is 7.83. The van der Waals surface area contributed by atoms with E-state index in [9.17, 15) is 20.4 Å². The topological polar surface area (TPSA) is 99.4 Å². The minimum absolute atomic E-state index is 0.0806. The standard InChI is InChI=1S/C26H38O6/c1-11(2)9-16-10-13(4)17-8-7-12(3)18-20(17)19(16)14(5)21(27)25(18)32-26-24(30)23(29)22(28)15(6)31-26/h9,12-13,15-17,22-24,26-30H,7-8,10H2,1-6H3/t12-,13-,15-,16-,17+,22+,23+,24-,26-/m0/s1. The van der Waals surface area contributed by atoms with Crippen LogP contribution in [-0.2, 0) is 4.74 Å². The summed E-state index contributed by atoms with van der Waals surface area (Å²) in [6, 6.07) is 0. The van der Waals surface area contributed by atoms with Crippen molar-refractivity contribution in [3.05, 3.63) is 33.9 Å². The van der Waals surface area contributed by atoms with Crippen molar-refractivity contribution < 1.29 is 29.9 Å². The molecule has 0 amide bonds. The second kappa shape index (κ2) is 8.64. The van der Waals surface area contributed by atoms with Crippen LogP contribution in [0, 0.1) is 12.8 Å². The number of phenolic OH excluding ortho intramolecular Hbond substituents is 1. The summed E-state index contributed by atoms with van der Waals surface area (Å²) in [4.78, 5) is 0. The van der Waals surface area contributed by atoms with Gasteiger partial charge in [-0.3, -0.25) is 0 Å². The molecule has 3 aliphatic rings. The molecule has 1 heterocycles. The Morgan fingerprint density at radius 1 is 0.969 bits per heavy atom. The van der Waals surface area contributed by atoms with Crippen molar-refractivity contribution in [1.82, 2.24) is 0 Å². The van der Waals surface area contributed by atoms with Crippen LogP contribution in [0.4, 0.5) is 0 Å². The number of phenols is 1. The average molecular weight is 447 g/mol. The van der Waals surface area contributed by atoms with Crippen molar-refractivity contribution in [2.75, 3.05) is 0 Å². The molecular weight excluding hydrogens is 408 g/mol. The van der Waals surface area contributed by atoms with Crippen LogP contribution in [0.3, 0.4) is 0 Å². The molecule has 1 aromatic rings. The van der Waals surface area contributed by atoms with E-state index < -0.39 is 30.7 Å². The normalized spacial score (nSPS) is 38.7. The van der Waals surface area contributed by atoms with E-state index in [-0.39, 0.29) is 17.6 Å². The lowest BCUT2D eigenvalue weighted by molar-refractivity contribution is -0.268. The van der Waals surface area contributed by atoms with Gasteiger partial charge >= 0.3 is 0 Å². The zero-order valence-corrected chi connectivity index (χ0v) is 20.0. The summed E-state index contributed by atoms with van der Waals surface area (Å²) in [5.74, 6) is 1.79. The van der Waals surface area contributed by atoms with Gasteiger partial charge in [0.05, 0.1) is 6.10 Å². The fourth-order valence-electron chi connectivity index (χ4n) is 6.13. The van der Waals surface area contributed by atoms with Crippen LogP contribution in [-0.4, -0.2) is 51.1 Å². The maximum Gasteiger partial charge on any atom is 0.229 e. The van der Waals surface area contributed by atoms with Crippen molar-refractivity contribution >= 4 is 0 Å². The van der Waals surface area contributed by atoms with E-state index in [1.165, 1.54) is 16.7 Å². The van der Waals surface area contributed by atoms with E-state index >= 15 is 0 Å². The van der Waals surface area contributed by atoms with Crippen molar-refractivity contribution in [1.29, 1.82) is 0 Å². The first kappa shape index (κ1) is 23.6. The first-order valence-corrected chi connectivity index (χ1v) is 11.9. The number of allylic oxidation sites excluding steroid dienone is 2. The highest BCUT2D eigenvalue weighted by Crippen LogP contribution is 2.58. The summed E-state index contributed by atoms with van der Waals surface area (Å²) in [6.45, 7) is 12.3. The summed E-state index contributed by atoms with van der Waals surface area (Å²) >= 11 is 0. The maximum atomic E-state index is 11.3. The molecule has 2 aliphatic carbocycles. The largest absolute Gasteiger partial charge is 0.504 e. The molecule has 1 aliphatic heterocycles. The molecule has 1 aromatic carbocycles. The van der Waals surface area contributed by atoms with Crippen LogP contribution in [0.2, 0.25) is 0 Å². The van der Waals surface area contributed by atoms with Crippen LogP contribution in [0.1, 0.15) is 93.9 Å². The fraction of sp³-hybridized carbons (Fsp3) is 0.692. The first-order chi connectivity index (χ1) is 15.0. The number of rotatable bonds is 3. The quantitative estimate of drug-likeness (QED) is 0.524. The van der Waals surface area contributed by atoms with Gasteiger partial charge in [0.1, 0.15) is 18.3 Å². The molecule has 178 valence electrons. The average Bonchev–Trinajstić information content (AvgIpc) is 2.72. The molecule has 0 aromatic heterocycles. The molecule has 1 saturated heterocycles. The van der Waals surface area contributed by atoms with E-state index in [1.807, 2.05) is 6.92 Å². The number of ether oxygens (including phenoxy) is 2. The van der Waals surface area contributed by atoms with Gasteiger partial charge in [0.25, 0.3) is 0 Å². The third-order valence-corrected chi connectivity index (χ3v) is 7.83. The summed E-state index contributed by atoms with van der Waals surface area (Å²) in [5.41, 5.74) is 5.58. The third kappa shape index (κ3) is 3.75. The van der Waals surface area contributed by atoms with Gasteiger partial charge in [0.15, 0.2) is 11.5 Å². The van der Waals surface area contributed by atoms with Gasteiger partial charge in [-0.2, -0.15) is 0 Å². The molecule has 6 heteroatoms. The highest BCUT2D eigenvalue weighted by atomic mass is 16.7. The van der Waals surface area contributed by atoms with E-state index in [0.29, 0.717) is 17.6 Å². The molecule has 4 N–H and O–H groups in total. The predicted molar refractivity (Wildman–Crippen MR) is 122 cm³/mol. The van der Waals surface area contributed by atoms with E-state index in [2.05, 4.69) is 33.8 Å². The Morgan fingerprint density at radius 2 is 1.66 bits per heavy atom. The molecule has 0 unspecified atom stereocenters. The predicted octanol–water partition coefficient (Wildman–Crippen LogP) is 3.98. The lowest BCUT2D eigenvalue weighted by atomic mass is 9.62. The molecule has 0 saturated carbocycles. The Balaban J connectivity index is 1.86. The van der Waals surface area contributed by atoms with Crippen molar-refractivity contribution in [3.8, 4) is 11.5 Å². The van der Waals surface area contributed by atoms with Crippen LogP contribution in [0.15, 0.2) is 11.6 Å². The van der Waals surface area contributed by atoms with Gasteiger partial charge in [-0.25, -0.2) is 0 Å². The Morgan fingerprint density at radius 3 is 2.31 bits per heavy atom. The number of aromatic hydroxyl groups is 1. The van der Waals surface area contributed by atoms with Crippen LogP contribution in [0.5, 0.6) is 11.5 Å². The van der Waals surface area contributed by atoms with Crippen molar-refractivity contribution in [3.63, 3.8) is 0 Å². The molecule has 32 heavy (non-hydrogen) atoms. The molecule has 0 radical (unpaired) electrons. The molecule has 1 fully saturated rings. The van der Waals surface area contributed by atoms with Crippen LogP contribution >= 0.6 is 0 Å². The monoisotopic (exact) mass is 446 g/mol. The first-order valence-electron chi connectivity index (χ1n) is 11.9. The zero-order valence-electron chi connectivity index (χ0n) is 20.0. The number of hydrogen-bond donors (Lipinski definition) is 4. The van der Waals surface area contributed by atoms with Gasteiger partial charge in [0, 0.05) is 11.5 Å². The van der Waals surface area contributed by atoms with Gasteiger partial charge in [0.2, 0.25) is 6.29 Å². The lowest BCUT2D eigenvalue weighted by Crippen LogP contribution is -2.58. The molecular formula is C26H38O6. The summed E-state index contributed by atoms with van der Waals surface area (Å²) in [5, 5.41) is 42.1. The fourth-order valence-corrected chi connectivity index (χ4v) is 6.13. The molecule has 0 spiro atoms. The highest BCUT2D eigenvalue weighted by molar-refractivity contribution is 5.64. The number of aliphatic hydroxyl groups excluding tert-OH is 3. The minimum Gasteiger partial charge on any atom is -0.504 e. The van der Waals surface area contributed by atoms with Crippen molar-refractivity contribution in [2.24, 2.45) is 5.92 Å².